The quantitative estimate of drug-likeness (QED) is 0.508. The van der Waals surface area contributed by atoms with Gasteiger partial charge in [-0.2, -0.15) is 0 Å². The fourth-order valence-electron chi connectivity index (χ4n) is 2.88. The monoisotopic (exact) mass is 346 g/mol. The number of hydrogen-bond donors (Lipinski definition) is 2. The van der Waals surface area contributed by atoms with E-state index >= 15 is 0 Å². The summed E-state index contributed by atoms with van der Waals surface area (Å²) in [6.07, 6.45) is 0. The van der Waals surface area contributed by atoms with Gasteiger partial charge in [0.2, 0.25) is 0 Å². The first-order valence-corrected chi connectivity index (χ1v) is 8.27. The summed E-state index contributed by atoms with van der Waals surface area (Å²) in [7, 11) is 3.27. The fraction of sp³-hybridized carbons (Fsp3) is 0.0909. The third-order valence-electron chi connectivity index (χ3n) is 4.25. The Hall–Kier alpha value is -3.40. The van der Waals surface area contributed by atoms with Gasteiger partial charge in [-0.3, -0.25) is 0 Å². The first kappa shape index (κ1) is 17.4. The van der Waals surface area contributed by atoms with E-state index in [1.165, 1.54) is 0 Å². The maximum atomic E-state index is 5.90. The largest absolute Gasteiger partial charge is 0.497 e. The van der Waals surface area contributed by atoms with Crippen LogP contribution in [0.15, 0.2) is 72.8 Å². The van der Waals surface area contributed by atoms with Crippen LogP contribution in [0.5, 0.6) is 11.5 Å². The van der Waals surface area contributed by atoms with Crippen molar-refractivity contribution in [2.24, 2.45) is 0 Å². The van der Waals surface area contributed by atoms with Crippen molar-refractivity contribution in [1.82, 2.24) is 0 Å². The van der Waals surface area contributed by atoms with Gasteiger partial charge in [-0.25, -0.2) is 0 Å². The highest BCUT2D eigenvalue weighted by Crippen LogP contribution is 2.29. The highest BCUT2D eigenvalue weighted by Gasteiger charge is 2.02. The smallest absolute Gasteiger partial charge is 0.142 e. The Morgan fingerprint density at radius 1 is 0.654 bits per heavy atom. The molecule has 0 amide bonds. The zero-order chi connectivity index (χ0) is 18.5. The Bertz CT molecular complexity index is 1040. The lowest BCUT2D eigenvalue weighted by Gasteiger charge is -2.06. The van der Waals surface area contributed by atoms with Crippen LogP contribution in [0.25, 0.3) is 21.5 Å². The highest BCUT2D eigenvalue weighted by molar-refractivity contribution is 5.96. The first-order chi connectivity index (χ1) is 12.6. The number of benzene rings is 4. The zero-order valence-electron chi connectivity index (χ0n) is 14.9. The Morgan fingerprint density at radius 3 is 2.00 bits per heavy atom. The molecule has 0 saturated carbocycles. The van der Waals surface area contributed by atoms with Gasteiger partial charge in [-0.1, -0.05) is 54.6 Å². The van der Waals surface area contributed by atoms with Crippen molar-refractivity contribution in [1.29, 1.82) is 0 Å². The van der Waals surface area contributed by atoms with Gasteiger partial charge in [0.25, 0.3) is 0 Å². The predicted octanol–water partition coefficient (Wildman–Crippen LogP) is 4.86. The van der Waals surface area contributed by atoms with E-state index in [1.807, 2.05) is 72.8 Å². The summed E-state index contributed by atoms with van der Waals surface area (Å²) in [4.78, 5) is 0. The molecule has 132 valence electrons. The normalized spacial score (nSPS) is 10.2. The molecule has 0 aliphatic rings. The minimum atomic E-state index is 0.709. The molecule has 0 fully saturated rings. The van der Waals surface area contributed by atoms with Gasteiger partial charge in [0, 0.05) is 22.5 Å². The van der Waals surface area contributed by atoms with Gasteiger partial charge in [-0.05, 0) is 22.9 Å². The van der Waals surface area contributed by atoms with Crippen molar-refractivity contribution in [2.75, 3.05) is 25.7 Å². The summed E-state index contributed by atoms with van der Waals surface area (Å²) < 4.78 is 10.3. The Kier molecular flexibility index (Phi) is 5.13. The lowest BCUT2D eigenvalue weighted by atomic mass is 10.1. The summed E-state index contributed by atoms with van der Waals surface area (Å²) in [6.45, 7) is 0. The third kappa shape index (κ3) is 3.49. The Labute approximate surface area is 152 Å². The fourth-order valence-corrected chi connectivity index (χ4v) is 2.88. The Balaban J connectivity index is 0.000000151. The van der Waals surface area contributed by atoms with Crippen LogP contribution in [0.3, 0.4) is 0 Å². The van der Waals surface area contributed by atoms with E-state index in [2.05, 4.69) is 0 Å². The number of nitrogens with two attached hydrogens (primary N) is 2. The molecule has 4 rings (SSSR count). The van der Waals surface area contributed by atoms with E-state index in [-0.39, 0.29) is 0 Å². The maximum absolute atomic E-state index is 5.90. The molecule has 0 aliphatic heterocycles. The molecule has 26 heavy (non-hydrogen) atoms. The van der Waals surface area contributed by atoms with Crippen molar-refractivity contribution in [2.45, 2.75) is 0 Å². The SMILES string of the molecule is COc1cc(N)c2ccccc2c1.COc1ccc2ccccc2c1N. The number of fused-ring (bicyclic) bond motifs is 2. The predicted molar refractivity (Wildman–Crippen MR) is 110 cm³/mol. The molecule has 0 atom stereocenters. The van der Waals surface area contributed by atoms with Crippen LogP contribution in [-0.4, -0.2) is 14.2 Å². The number of nitrogen functional groups attached to an aromatic ring is 2. The summed E-state index contributed by atoms with van der Waals surface area (Å²) in [5, 5.41) is 4.37. The molecular weight excluding hydrogens is 324 g/mol. The van der Waals surface area contributed by atoms with Crippen molar-refractivity contribution < 1.29 is 9.47 Å². The second-order valence-electron chi connectivity index (χ2n) is 5.84. The Morgan fingerprint density at radius 2 is 1.31 bits per heavy atom. The topological polar surface area (TPSA) is 70.5 Å². The average molecular weight is 346 g/mol. The lowest BCUT2D eigenvalue weighted by molar-refractivity contribution is 0.415. The number of methoxy groups -OCH3 is 2. The molecule has 0 radical (unpaired) electrons. The molecule has 4 heteroatoms. The van der Waals surface area contributed by atoms with Crippen LogP contribution >= 0.6 is 0 Å². The molecule has 0 aromatic heterocycles. The molecule has 0 bridgehead atoms. The van der Waals surface area contributed by atoms with Gasteiger partial charge >= 0.3 is 0 Å². The average Bonchev–Trinajstić information content (AvgIpc) is 2.69. The lowest BCUT2D eigenvalue weighted by Crippen LogP contribution is -1.92. The third-order valence-corrected chi connectivity index (χ3v) is 4.25. The van der Waals surface area contributed by atoms with Gasteiger partial charge < -0.3 is 20.9 Å². The van der Waals surface area contributed by atoms with Crippen LogP contribution in [0.2, 0.25) is 0 Å². The summed E-state index contributed by atoms with van der Waals surface area (Å²) in [5.74, 6) is 1.54. The van der Waals surface area contributed by atoms with E-state index in [0.29, 0.717) is 5.69 Å². The standard InChI is InChI=1S/2C11H11NO/c1-13-9-6-8-4-2-3-5-10(8)11(12)7-9;1-13-10-7-6-8-4-2-3-5-9(8)11(10)12/h2*2-7H,12H2,1H3. The molecule has 0 spiro atoms. The first-order valence-electron chi connectivity index (χ1n) is 8.27. The van der Waals surface area contributed by atoms with Crippen molar-refractivity contribution in [3.8, 4) is 11.5 Å². The molecule has 0 saturated heterocycles. The number of hydrogen-bond acceptors (Lipinski definition) is 4. The van der Waals surface area contributed by atoms with E-state index in [4.69, 9.17) is 20.9 Å². The molecular formula is C22H22N2O2. The summed E-state index contributed by atoms with van der Waals surface area (Å²) in [6, 6.07) is 23.7. The molecule has 0 unspecified atom stereocenters. The summed E-state index contributed by atoms with van der Waals surface area (Å²) >= 11 is 0. The second-order valence-corrected chi connectivity index (χ2v) is 5.84. The van der Waals surface area contributed by atoms with Crippen LogP contribution in [-0.2, 0) is 0 Å². The molecule has 4 N–H and O–H groups in total. The van der Waals surface area contributed by atoms with Gasteiger partial charge in [0.15, 0.2) is 0 Å². The van der Waals surface area contributed by atoms with Gasteiger partial charge in [0.1, 0.15) is 11.5 Å². The minimum Gasteiger partial charge on any atom is -0.497 e. The van der Waals surface area contributed by atoms with Crippen LogP contribution < -0.4 is 20.9 Å². The van der Waals surface area contributed by atoms with E-state index < -0.39 is 0 Å². The zero-order valence-corrected chi connectivity index (χ0v) is 14.9. The van der Waals surface area contributed by atoms with E-state index in [0.717, 1.165) is 38.7 Å². The molecule has 4 aromatic carbocycles. The van der Waals surface area contributed by atoms with Crippen LogP contribution in [0.4, 0.5) is 11.4 Å². The van der Waals surface area contributed by atoms with E-state index in [1.54, 1.807) is 14.2 Å². The minimum absolute atomic E-state index is 0.709. The molecule has 4 aromatic rings. The van der Waals surface area contributed by atoms with E-state index in [9.17, 15) is 0 Å². The molecule has 4 nitrogen and oxygen atoms in total. The second kappa shape index (κ2) is 7.66. The number of rotatable bonds is 2. The van der Waals surface area contributed by atoms with Gasteiger partial charge in [-0.15, -0.1) is 0 Å². The summed E-state index contributed by atoms with van der Waals surface area (Å²) in [5.41, 5.74) is 13.2. The van der Waals surface area contributed by atoms with Crippen molar-refractivity contribution >= 4 is 32.9 Å². The van der Waals surface area contributed by atoms with Crippen LogP contribution in [0, 0.1) is 0 Å². The number of anilines is 2. The van der Waals surface area contributed by atoms with Gasteiger partial charge in [0.05, 0.1) is 19.9 Å². The number of ether oxygens (including phenoxy) is 2. The molecule has 0 aliphatic carbocycles. The van der Waals surface area contributed by atoms with Crippen LogP contribution in [0.1, 0.15) is 0 Å². The highest BCUT2D eigenvalue weighted by atomic mass is 16.5. The maximum Gasteiger partial charge on any atom is 0.142 e. The molecule has 0 heterocycles. The van der Waals surface area contributed by atoms with Crippen molar-refractivity contribution in [3.05, 3.63) is 72.8 Å². The van der Waals surface area contributed by atoms with Crippen molar-refractivity contribution in [3.63, 3.8) is 0 Å².